The zero-order valence-electron chi connectivity index (χ0n) is 20.0. The molecule has 3 heterocycles. The summed E-state index contributed by atoms with van der Waals surface area (Å²) in [6, 6.07) is 11.3. The number of carbonyl (C=O) groups excluding carboxylic acids is 3. The molecular formula is C26H26N4O6. The van der Waals surface area contributed by atoms with Gasteiger partial charge in [-0.1, -0.05) is 6.07 Å². The molecule has 0 unspecified atom stereocenters. The number of pyridine rings is 1. The van der Waals surface area contributed by atoms with Gasteiger partial charge in [-0.2, -0.15) is 0 Å². The summed E-state index contributed by atoms with van der Waals surface area (Å²) in [6.45, 7) is 0.827. The molecular weight excluding hydrogens is 464 g/mol. The summed E-state index contributed by atoms with van der Waals surface area (Å²) in [7, 11) is 3.11. The number of para-hydroxylation sites is 1. The van der Waals surface area contributed by atoms with Crippen LogP contribution in [0.5, 0.6) is 17.2 Å². The van der Waals surface area contributed by atoms with Crippen molar-refractivity contribution in [2.75, 3.05) is 32.6 Å². The van der Waals surface area contributed by atoms with E-state index in [-0.39, 0.29) is 23.8 Å². The second kappa shape index (κ2) is 9.03. The molecule has 0 atom stereocenters. The van der Waals surface area contributed by atoms with Crippen LogP contribution in [0.1, 0.15) is 40.1 Å². The molecule has 2 aliphatic rings. The number of fused-ring (bicyclic) bond motifs is 2. The number of hydrogen-bond donors (Lipinski definition) is 2. The number of aromatic nitrogens is 1. The van der Waals surface area contributed by atoms with Crippen LogP contribution < -0.4 is 25.3 Å². The fourth-order valence-electron chi connectivity index (χ4n) is 4.91. The number of primary amides is 1. The Hall–Kier alpha value is -4.34. The molecule has 10 heteroatoms. The number of nitrogens with zero attached hydrogens (tertiary/aromatic N) is 2. The van der Waals surface area contributed by atoms with E-state index < -0.39 is 11.6 Å². The summed E-state index contributed by atoms with van der Waals surface area (Å²) in [5, 5.41) is 3.23. The van der Waals surface area contributed by atoms with Crippen LogP contribution in [0.25, 0.3) is 10.9 Å². The molecule has 0 radical (unpaired) electrons. The molecule has 1 aromatic heterocycles. The Morgan fingerprint density at radius 2 is 1.83 bits per heavy atom. The molecule has 10 nitrogen and oxygen atoms in total. The molecule has 0 aliphatic carbocycles. The molecule has 3 N–H and O–H groups in total. The number of hydrogen-bond acceptors (Lipinski definition) is 7. The van der Waals surface area contributed by atoms with Crippen LogP contribution in [0, 0.1) is 0 Å². The van der Waals surface area contributed by atoms with Crippen molar-refractivity contribution < 1.29 is 28.6 Å². The lowest BCUT2D eigenvalue weighted by atomic mass is 9.82. The quantitative estimate of drug-likeness (QED) is 0.573. The smallest absolute Gasteiger partial charge is 0.316 e. The minimum absolute atomic E-state index is 0.0721. The number of urea groups is 1. The standard InChI is InChI=1S/C26H26N4O6/c1-34-21-5-3-4-16-22(35-2)13-18(29-23(16)21)24(32)30-10-8-26(9-11-30)14-19(31)17-12-15(28-25(27)33)6-7-20(17)36-26/h3-7,12-13H,8-11,14H2,1-2H3,(H3,27,28,33). The van der Waals surface area contributed by atoms with E-state index in [2.05, 4.69) is 10.3 Å². The number of benzene rings is 2. The summed E-state index contributed by atoms with van der Waals surface area (Å²) in [5.41, 5.74) is 6.15. The number of rotatable bonds is 4. The van der Waals surface area contributed by atoms with Crippen molar-refractivity contribution >= 4 is 34.3 Å². The first-order chi connectivity index (χ1) is 17.3. The Labute approximate surface area is 207 Å². The lowest BCUT2D eigenvalue weighted by Gasteiger charge is -2.44. The third-order valence-corrected chi connectivity index (χ3v) is 6.74. The van der Waals surface area contributed by atoms with E-state index in [1.165, 1.54) is 0 Å². The first-order valence-corrected chi connectivity index (χ1v) is 11.6. The van der Waals surface area contributed by atoms with E-state index in [1.54, 1.807) is 49.5 Å². The number of amides is 3. The van der Waals surface area contributed by atoms with E-state index >= 15 is 0 Å². The van der Waals surface area contributed by atoms with Crippen molar-refractivity contribution in [2.24, 2.45) is 5.73 Å². The van der Waals surface area contributed by atoms with Gasteiger partial charge in [0.05, 0.1) is 26.2 Å². The zero-order chi connectivity index (χ0) is 25.4. The summed E-state index contributed by atoms with van der Waals surface area (Å²) < 4.78 is 17.2. The second-order valence-electron chi connectivity index (χ2n) is 8.94. The van der Waals surface area contributed by atoms with Crippen LogP contribution in [0.15, 0.2) is 42.5 Å². The zero-order valence-corrected chi connectivity index (χ0v) is 20.0. The third-order valence-electron chi connectivity index (χ3n) is 6.74. The maximum Gasteiger partial charge on any atom is 0.316 e. The number of anilines is 1. The summed E-state index contributed by atoms with van der Waals surface area (Å²) in [5.74, 6) is 1.27. The van der Waals surface area contributed by atoms with E-state index in [0.29, 0.717) is 59.9 Å². The van der Waals surface area contributed by atoms with Gasteiger partial charge >= 0.3 is 6.03 Å². The molecule has 3 aromatic rings. The molecule has 186 valence electrons. The lowest BCUT2D eigenvalue weighted by Crippen LogP contribution is -2.52. The van der Waals surface area contributed by atoms with Crippen LogP contribution in [0.3, 0.4) is 0 Å². The van der Waals surface area contributed by atoms with Crippen molar-refractivity contribution in [3.05, 3.63) is 53.7 Å². The first-order valence-electron chi connectivity index (χ1n) is 11.6. The van der Waals surface area contributed by atoms with Crippen LogP contribution in [-0.4, -0.2) is 60.5 Å². The van der Waals surface area contributed by atoms with Crippen LogP contribution >= 0.6 is 0 Å². The highest BCUT2D eigenvalue weighted by Crippen LogP contribution is 2.40. The number of ether oxygens (including phenoxy) is 3. The van der Waals surface area contributed by atoms with Gasteiger partial charge in [0.1, 0.15) is 34.1 Å². The minimum atomic E-state index is -0.704. The fourth-order valence-corrected chi connectivity index (χ4v) is 4.91. The molecule has 2 aliphatic heterocycles. The average molecular weight is 491 g/mol. The number of nitrogens with two attached hydrogens (primary N) is 1. The molecule has 0 bridgehead atoms. The number of Topliss-reactive ketones (excluding diaryl/α,β-unsaturated/α-hetero) is 1. The van der Waals surface area contributed by atoms with Crippen molar-refractivity contribution in [1.29, 1.82) is 0 Å². The fraction of sp³-hybridized carbons (Fsp3) is 0.308. The highest BCUT2D eigenvalue weighted by molar-refractivity contribution is 6.02. The van der Waals surface area contributed by atoms with Crippen molar-refractivity contribution in [2.45, 2.75) is 24.9 Å². The van der Waals surface area contributed by atoms with E-state index in [9.17, 15) is 14.4 Å². The Bertz CT molecular complexity index is 1380. The Morgan fingerprint density at radius 3 is 2.53 bits per heavy atom. The predicted octanol–water partition coefficient (Wildman–Crippen LogP) is 3.38. The number of ketones is 1. The van der Waals surface area contributed by atoms with Crippen LogP contribution in [-0.2, 0) is 0 Å². The summed E-state index contributed by atoms with van der Waals surface area (Å²) in [4.78, 5) is 43.8. The van der Waals surface area contributed by atoms with Gasteiger partial charge in [0.2, 0.25) is 0 Å². The summed E-state index contributed by atoms with van der Waals surface area (Å²) >= 11 is 0. The van der Waals surface area contributed by atoms with Gasteiger partial charge < -0.3 is 30.2 Å². The number of piperidine rings is 1. The molecule has 1 fully saturated rings. The first kappa shape index (κ1) is 23.4. The SMILES string of the molecule is COc1cc(C(=O)N2CCC3(CC2)CC(=O)c2cc(NC(N)=O)ccc2O3)nc2c(OC)cccc12. The Morgan fingerprint density at radius 1 is 1.08 bits per heavy atom. The largest absolute Gasteiger partial charge is 0.496 e. The third kappa shape index (κ3) is 4.15. The van der Waals surface area contributed by atoms with E-state index in [4.69, 9.17) is 19.9 Å². The van der Waals surface area contributed by atoms with Crippen molar-refractivity contribution in [3.63, 3.8) is 0 Å². The maximum absolute atomic E-state index is 13.4. The lowest BCUT2D eigenvalue weighted by molar-refractivity contribution is -0.00584. The van der Waals surface area contributed by atoms with Gasteiger partial charge in [0.25, 0.3) is 5.91 Å². The maximum atomic E-state index is 13.4. The van der Waals surface area contributed by atoms with Crippen LogP contribution in [0.2, 0.25) is 0 Å². The number of methoxy groups -OCH3 is 2. The van der Waals surface area contributed by atoms with Gasteiger partial charge in [0, 0.05) is 43.1 Å². The highest BCUT2D eigenvalue weighted by atomic mass is 16.5. The van der Waals surface area contributed by atoms with E-state index in [1.807, 2.05) is 12.1 Å². The molecule has 3 amide bonds. The van der Waals surface area contributed by atoms with Gasteiger partial charge in [-0.15, -0.1) is 0 Å². The molecule has 0 saturated carbocycles. The van der Waals surface area contributed by atoms with Gasteiger partial charge in [-0.25, -0.2) is 9.78 Å². The monoisotopic (exact) mass is 490 g/mol. The molecule has 5 rings (SSSR count). The van der Waals surface area contributed by atoms with Gasteiger partial charge in [-0.3, -0.25) is 9.59 Å². The van der Waals surface area contributed by atoms with Gasteiger partial charge in [0.15, 0.2) is 5.78 Å². The van der Waals surface area contributed by atoms with Crippen molar-refractivity contribution in [1.82, 2.24) is 9.88 Å². The number of carbonyl (C=O) groups is 3. The Kier molecular flexibility index (Phi) is 5.87. The molecule has 2 aromatic carbocycles. The average Bonchev–Trinajstić information content (AvgIpc) is 2.87. The topological polar surface area (TPSA) is 133 Å². The second-order valence-corrected chi connectivity index (χ2v) is 8.94. The number of likely N-dealkylation sites (tertiary alicyclic amines) is 1. The normalized spacial score (nSPS) is 16.3. The van der Waals surface area contributed by atoms with E-state index in [0.717, 1.165) is 5.39 Å². The number of nitrogens with one attached hydrogen (secondary N) is 1. The van der Waals surface area contributed by atoms with Gasteiger partial charge in [-0.05, 0) is 30.3 Å². The highest BCUT2D eigenvalue weighted by Gasteiger charge is 2.44. The van der Waals surface area contributed by atoms with Crippen LogP contribution in [0.4, 0.5) is 10.5 Å². The predicted molar refractivity (Wildman–Crippen MR) is 132 cm³/mol. The molecule has 36 heavy (non-hydrogen) atoms. The van der Waals surface area contributed by atoms with Crippen molar-refractivity contribution in [3.8, 4) is 17.2 Å². The molecule has 1 saturated heterocycles. The summed E-state index contributed by atoms with van der Waals surface area (Å²) in [6.07, 6.45) is 1.19. The molecule has 1 spiro atoms. The Balaban J connectivity index is 1.34. The minimum Gasteiger partial charge on any atom is -0.496 e.